The molecule has 0 saturated carbocycles. The van der Waals surface area contributed by atoms with Crippen LogP contribution in [0.4, 0.5) is 0 Å². The number of ether oxygens (including phenoxy) is 24. The van der Waals surface area contributed by atoms with E-state index in [1.165, 1.54) is 0 Å². The van der Waals surface area contributed by atoms with Crippen LogP contribution in [0.1, 0.15) is 115 Å². The van der Waals surface area contributed by atoms with Gasteiger partial charge in [-0.05, 0) is 197 Å². The van der Waals surface area contributed by atoms with Crippen molar-refractivity contribution in [1.29, 1.82) is 0 Å². The zero-order valence-electron chi connectivity index (χ0n) is 87.2. The summed E-state index contributed by atoms with van der Waals surface area (Å²) in [5.41, 5.74) is 21.7. The van der Waals surface area contributed by atoms with Crippen LogP contribution in [0.15, 0.2) is 232 Å². The van der Waals surface area contributed by atoms with Gasteiger partial charge in [-0.15, -0.1) is 0 Å². The van der Waals surface area contributed by atoms with E-state index in [4.69, 9.17) is 114 Å². The van der Waals surface area contributed by atoms with E-state index < -0.39 is 10.8 Å². The van der Waals surface area contributed by atoms with Crippen molar-refractivity contribution < 1.29 is 114 Å². The molecule has 0 fully saturated rings. The molecule has 0 saturated heterocycles. The average Bonchev–Trinajstić information content (AvgIpc) is 1.56. The summed E-state index contributed by atoms with van der Waals surface area (Å²) < 4.78 is 143. The van der Waals surface area contributed by atoms with Crippen molar-refractivity contribution >= 4 is 60.8 Å². The van der Waals surface area contributed by atoms with Crippen LogP contribution in [-0.4, -0.2) is 268 Å². The first-order valence-corrected chi connectivity index (χ1v) is 50.8. The Bertz CT molecular complexity index is 5310. The first-order valence-electron chi connectivity index (χ1n) is 50.8. The Balaban J connectivity index is 0.0000107. The second-order valence-corrected chi connectivity index (χ2v) is 35.7. The van der Waals surface area contributed by atoms with Crippen LogP contribution in [0.5, 0.6) is 46.0 Å². The zero-order valence-corrected chi connectivity index (χ0v) is 87.2. The normalized spacial score (nSPS) is 12.5. The number of methoxy groups -OCH3 is 8. The summed E-state index contributed by atoms with van der Waals surface area (Å²) in [7, 11) is 13.3. The van der Waals surface area contributed by atoms with Crippen molar-refractivity contribution in [2.75, 3.05) is 268 Å². The van der Waals surface area contributed by atoms with E-state index in [9.17, 15) is 0 Å². The highest BCUT2D eigenvalue weighted by molar-refractivity contribution is 5.88. The minimum Gasteiger partial charge on any atom is -0.491 e. The fraction of sp³-hybridized carbons (Fsp3) is 0.381. The van der Waals surface area contributed by atoms with E-state index in [0.717, 1.165) is 122 Å². The summed E-state index contributed by atoms with van der Waals surface area (Å²) in [6, 6.07) is 77.8. The maximum Gasteiger partial charge on any atom is 0.123 e. The summed E-state index contributed by atoms with van der Waals surface area (Å²) in [6.07, 6.45) is 23.2. The standard InChI is InChI=1S/C124H146O24.2CH4/c1-11-93-13-17-95(18-14-93)25-29-99-33-37-115-117-39-35-101(83-121(117)123(119(115)81-99,89-103-73-107(141-65-57-133-49-41-125-3)85-108(74-103)142-66-58-134-50-42-126-4)90-104-75-109(143-67-59-135-51-43-127-5)86-110(76-104)144-68-60-136-52-44-128-6)31-27-97-21-23-98(24-22-97)28-32-102-36-40-118-116-38-34-100(30-26-96-19-15-94(12-2)16-20-96)82-120(116)124(122(118)84-102,91-105-77-111(145-69-61-137-53-45-129-7)87-112(78-105)146-70-62-138-54-46-130-8)92-106-79-113(147-71-63-139-55-47-131-9)88-114(80-106)148-72-64-140-56-48-132-10;;/h11-40,73-88H,1-2,41-72,89-92H2,3-10H3;2*1H4/b29-25+,30-26+,31-27+,32-28+;;. The van der Waals surface area contributed by atoms with Crippen LogP contribution < -0.4 is 37.9 Å². The van der Waals surface area contributed by atoms with Gasteiger partial charge in [0.15, 0.2) is 0 Å². The molecule has 11 aromatic rings. The van der Waals surface area contributed by atoms with E-state index in [2.05, 4.69) is 256 Å². The predicted octanol–water partition coefficient (Wildman–Crippen LogP) is 22.8. The lowest BCUT2D eigenvalue weighted by atomic mass is 9.69. The van der Waals surface area contributed by atoms with Crippen LogP contribution in [0.3, 0.4) is 0 Å². The summed E-state index contributed by atoms with van der Waals surface area (Å²) >= 11 is 0. The van der Waals surface area contributed by atoms with Gasteiger partial charge in [-0.25, -0.2) is 0 Å². The quantitative estimate of drug-likeness (QED) is 0.0255. The second kappa shape index (κ2) is 65.7. The number of hydrogen-bond acceptors (Lipinski definition) is 24. The summed E-state index contributed by atoms with van der Waals surface area (Å²) in [5.74, 6) is 5.07. The third-order valence-electron chi connectivity index (χ3n) is 25.2. The highest BCUT2D eigenvalue weighted by Gasteiger charge is 2.46. The fourth-order valence-electron chi connectivity index (χ4n) is 18.0. The Hall–Kier alpha value is -12.4. The molecular weight excluding hydrogens is 1900 g/mol. The topological polar surface area (TPSA) is 222 Å². The van der Waals surface area contributed by atoms with Crippen molar-refractivity contribution in [3.8, 4) is 68.2 Å². The summed E-state index contributed by atoms with van der Waals surface area (Å²) in [6.45, 7) is 20.4. The SMILES string of the molecule is C.C.C=Cc1ccc(/C=C/c2ccc3c(c2)C(Cc2cc(OCCOCCOC)cc(OCCOCCOC)c2)(Cc2cc(OCCOCCOC)cc(OCCOCCOC)c2)c2cc(/C=C/c4ccc(/C=C/c5ccc6c(c5)C(Cc5cc(OCCOCCOC)cc(OCCOCCOC)c5)(Cc5cc(OCCOCCOC)cc(OCCOCCOC)c5)c5cc(/C=C/c7ccc(C=C)cc7)ccc5-6)cc4)ccc2-3)cc1. The van der Waals surface area contributed by atoms with Gasteiger partial charge in [0.05, 0.1) is 159 Å². The lowest BCUT2D eigenvalue weighted by Gasteiger charge is -2.34. The van der Waals surface area contributed by atoms with Crippen molar-refractivity contribution in [2.45, 2.75) is 51.4 Å². The second-order valence-electron chi connectivity index (χ2n) is 35.7. The van der Waals surface area contributed by atoms with Crippen LogP contribution >= 0.6 is 0 Å². The van der Waals surface area contributed by atoms with Crippen LogP contribution in [0.25, 0.3) is 83.0 Å². The number of rotatable bonds is 74. The minimum atomic E-state index is -0.794. The Morgan fingerprint density at radius 3 is 0.480 bits per heavy atom. The van der Waals surface area contributed by atoms with Crippen molar-refractivity contribution in [3.63, 3.8) is 0 Å². The zero-order chi connectivity index (χ0) is 103. The summed E-state index contributed by atoms with van der Waals surface area (Å²) in [4.78, 5) is 0. The molecule has 0 N–H and O–H groups in total. The first-order chi connectivity index (χ1) is 72.9. The molecule has 24 heteroatoms. The third kappa shape index (κ3) is 37.0. The molecule has 0 amide bonds. The Morgan fingerprint density at radius 1 is 0.173 bits per heavy atom. The number of benzene rings is 11. The first kappa shape index (κ1) is 118. The van der Waals surface area contributed by atoms with Gasteiger partial charge in [0.2, 0.25) is 0 Å². The monoisotopic (exact) mass is 2050 g/mol. The van der Waals surface area contributed by atoms with Crippen molar-refractivity contribution in [3.05, 3.63) is 332 Å². The number of fused-ring (bicyclic) bond motifs is 6. The van der Waals surface area contributed by atoms with Gasteiger partial charge in [0, 0.05) is 92.0 Å². The van der Waals surface area contributed by atoms with Crippen LogP contribution in [-0.2, 0) is 112 Å². The van der Waals surface area contributed by atoms with Gasteiger partial charge in [-0.1, -0.05) is 234 Å². The van der Waals surface area contributed by atoms with Gasteiger partial charge < -0.3 is 114 Å². The van der Waals surface area contributed by atoms with Crippen LogP contribution in [0.2, 0.25) is 0 Å². The molecule has 0 atom stereocenters. The molecule has 0 radical (unpaired) electrons. The molecule has 2 aliphatic carbocycles. The van der Waals surface area contributed by atoms with Gasteiger partial charge >= 0.3 is 0 Å². The Kier molecular flexibility index (Phi) is 51.6. The Labute approximate surface area is 888 Å². The van der Waals surface area contributed by atoms with Gasteiger partial charge in [-0.2, -0.15) is 0 Å². The fourth-order valence-corrected chi connectivity index (χ4v) is 18.0. The molecule has 0 aromatic heterocycles. The maximum atomic E-state index is 6.63. The maximum absolute atomic E-state index is 6.63. The largest absolute Gasteiger partial charge is 0.491 e. The molecule has 2 aliphatic rings. The molecule has 802 valence electrons. The molecule has 0 aliphatic heterocycles. The molecule has 150 heavy (non-hydrogen) atoms. The lowest BCUT2D eigenvalue weighted by molar-refractivity contribution is 0.0532. The molecule has 0 spiro atoms. The van der Waals surface area contributed by atoms with E-state index in [0.29, 0.717) is 283 Å². The molecule has 0 bridgehead atoms. The average molecular weight is 2050 g/mol. The van der Waals surface area contributed by atoms with E-state index >= 15 is 0 Å². The van der Waals surface area contributed by atoms with Gasteiger partial charge in [0.25, 0.3) is 0 Å². The molecular formula is C126H154O24. The predicted molar refractivity (Wildman–Crippen MR) is 600 cm³/mol. The third-order valence-corrected chi connectivity index (χ3v) is 25.2. The number of hydrogen-bond donors (Lipinski definition) is 0. The highest BCUT2D eigenvalue weighted by Crippen LogP contribution is 2.56. The van der Waals surface area contributed by atoms with Gasteiger partial charge in [-0.3, -0.25) is 0 Å². The van der Waals surface area contributed by atoms with E-state index in [1.54, 1.807) is 56.9 Å². The smallest absolute Gasteiger partial charge is 0.123 e. The molecule has 24 nitrogen and oxygen atoms in total. The summed E-state index contributed by atoms with van der Waals surface area (Å²) in [5, 5.41) is 0. The lowest BCUT2D eigenvalue weighted by Crippen LogP contribution is -2.31. The van der Waals surface area contributed by atoms with Gasteiger partial charge in [0.1, 0.15) is 98.9 Å². The van der Waals surface area contributed by atoms with Crippen LogP contribution in [0, 0.1) is 0 Å². The van der Waals surface area contributed by atoms with E-state index in [-0.39, 0.29) is 14.9 Å². The minimum absolute atomic E-state index is 0. The van der Waals surface area contributed by atoms with Crippen molar-refractivity contribution in [2.24, 2.45) is 0 Å². The van der Waals surface area contributed by atoms with Crippen molar-refractivity contribution in [1.82, 2.24) is 0 Å². The van der Waals surface area contributed by atoms with E-state index in [1.807, 2.05) is 36.4 Å². The Morgan fingerprint density at radius 2 is 0.320 bits per heavy atom. The molecule has 13 rings (SSSR count). The molecule has 0 heterocycles. The molecule has 0 unspecified atom stereocenters. The molecule has 11 aromatic carbocycles. The highest BCUT2D eigenvalue weighted by atomic mass is 16.6.